The lowest BCUT2D eigenvalue weighted by Gasteiger charge is -2.09. The van der Waals surface area contributed by atoms with Gasteiger partial charge in [-0.2, -0.15) is 4.98 Å². The number of nitrogens with zero attached hydrogens (tertiary/aromatic N) is 3. The van der Waals surface area contributed by atoms with E-state index in [1.165, 1.54) is 0 Å². The summed E-state index contributed by atoms with van der Waals surface area (Å²) in [6.45, 7) is 4.83. The summed E-state index contributed by atoms with van der Waals surface area (Å²) in [6.07, 6.45) is 2.18. The molecule has 0 aromatic carbocycles. The van der Waals surface area contributed by atoms with Crippen LogP contribution in [0.25, 0.3) is 0 Å². The van der Waals surface area contributed by atoms with E-state index >= 15 is 0 Å². The lowest BCUT2D eigenvalue weighted by molar-refractivity contribution is 0.0954. The molecule has 0 bridgehead atoms. The number of amides is 1. The third-order valence-corrected chi connectivity index (χ3v) is 2.60. The predicted octanol–water partition coefficient (Wildman–Crippen LogP) is 1.18. The molecule has 0 radical (unpaired) electrons. The zero-order valence-electron chi connectivity index (χ0n) is 11.5. The molecule has 0 atom stereocenters. The van der Waals surface area contributed by atoms with Gasteiger partial charge in [-0.15, -0.1) is 0 Å². The van der Waals surface area contributed by atoms with Gasteiger partial charge in [-0.05, 0) is 19.1 Å². The Morgan fingerprint density at radius 1 is 1.45 bits per heavy atom. The molecule has 0 unspecified atom stereocenters. The molecule has 20 heavy (non-hydrogen) atoms. The van der Waals surface area contributed by atoms with Gasteiger partial charge in [0, 0.05) is 32.6 Å². The van der Waals surface area contributed by atoms with Gasteiger partial charge in [0.25, 0.3) is 5.91 Å². The topological polar surface area (TPSA) is 92.9 Å². The van der Waals surface area contributed by atoms with Crippen LogP contribution in [0.3, 0.4) is 0 Å². The molecule has 0 saturated carbocycles. The SMILES string of the molecule is CCNc1ncccc1C(=O)NCCc1noc(C)n1. The fourth-order valence-corrected chi connectivity index (χ4v) is 1.72. The number of aryl methyl sites for hydroxylation is 1. The Labute approximate surface area is 116 Å². The monoisotopic (exact) mass is 275 g/mol. The zero-order valence-corrected chi connectivity index (χ0v) is 11.5. The van der Waals surface area contributed by atoms with Crippen molar-refractivity contribution in [2.24, 2.45) is 0 Å². The molecule has 2 heterocycles. The van der Waals surface area contributed by atoms with E-state index in [1.54, 1.807) is 25.3 Å². The van der Waals surface area contributed by atoms with Crippen LogP contribution in [-0.4, -0.2) is 34.1 Å². The van der Waals surface area contributed by atoms with Crippen LogP contribution in [0.2, 0.25) is 0 Å². The number of aromatic nitrogens is 3. The van der Waals surface area contributed by atoms with Crippen LogP contribution in [-0.2, 0) is 6.42 Å². The number of carbonyl (C=O) groups is 1. The molecule has 7 heteroatoms. The third-order valence-electron chi connectivity index (χ3n) is 2.60. The lowest BCUT2D eigenvalue weighted by atomic mass is 10.2. The minimum atomic E-state index is -0.172. The van der Waals surface area contributed by atoms with Crippen LogP contribution in [0.15, 0.2) is 22.9 Å². The fourth-order valence-electron chi connectivity index (χ4n) is 1.72. The number of hydrogen-bond donors (Lipinski definition) is 2. The second-order valence-electron chi connectivity index (χ2n) is 4.17. The molecule has 2 rings (SSSR count). The van der Waals surface area contributed by atoms with E-state index < -0.39 is 0 Å². The number of carbonyl (C=O) groups excluding carboxylic acids is 1. The van der Waals surface area contributed by atoms with Gasteiger partial charge in [-0.3, -0.25) is 4.79 Å². The van der Waals surface area contributed by atoms with E-state index in [4.69, 9.17) is 4.52 Å². The van der Waals surface area contributed by atoms with E-state index in [2.05, 4.69) is 25.8 Å². The standard InChI is InChI=1S/C13H17N5O2/c1-3-14-12-10(5-4-7-15-12)13(19)16-8-6-11-17-9(2)20-18-11/h4-5,7H,3,6,8H2,1-2H3,(H,14,15)(H,16,19). The van der Waals surface area contributed by atoms with Crippen molar-refractivity contribution >= 4 is 11.7 Å². The molecule has 0 aliphatic heterocycles. The van der Waals surface area contributed by atoms with Crippen molar-refractivity contribution in [3.63, 3.8) is 0 Å². The zero-order chi connectivity index (χ0) is 14.4. The van der Waals surface area contributed by atoms with Crippen LogP contribution >= 0.6 is 0 Å². The van der Waals surface area contributed by atoms with Crippen molar-refractivity contribution in [3.8, 4) is 0 Å². The first-order valence-electron chi connectivity index (χ1n) is 6.47. The number of anilines is 1. The average Bonchev–Trinajstić information content (AvgIpc) is 2.85. The summed E-state index contributed by atoms with van der Waals surface area (Å²) in [5.74, 6) is 1.52. The van der Waals surface area contributed by atoms with Gasteiger partial charge in [-0.25, -0.2) is 4.98 Å². The molecule has 7 nitrogen and oxygen atoms in total. The number of nitrogens with one attached hydrogen (secondary N) is 2. The van der Waals surface area contributed by atoms with Crippen LogP contribution < -0.4 is 10.6 Å². The fraction of sp³-hybridized carbons (Fsp3) is 0.385. The van der Waals surface area contributed by atoms with Gasteiger partial charge in [-0.1, -0.05) is 5.16 Å². The first-order chi connectivity index (χ1) is 9.70. The highest BCUT2D eigenvalue weighted by atomic mass is 16.5. The van der Waals surface area contributed by atoms with Crippen LogP contribution in [0.1, 0.15) is 29.0 Å². The Bertz CT molecular complexity index is 582. The minimum Gasteiger partial charge on any atom is -0.370 e. The minimum absolute atomic E-state index is 0.172. The summed E-state index contributed by atoms with van der Waals surface area (Å²) in [5.41, 5.74) is 0.527. The molecule has 2 aromatic heterocycles. The quantitative estimate of drug-likeness (QED) is 0.822. The van der Waals surface area contributed by atoms with Gasteiger partial charge in [0.2, 0.25) is 5.89 Å². The Morgan fingerprint density at radius 3 is 3.00 bits per heavy atom. The highest BCUT2D eigenvalue weighted by Crippen LogP contribution is 2.10. The molecular weight excluding hydrogens is 258 g/mol. The molecule has 0 aliphatic rings. The maximum absolute atomic E-state index is 12.1. The first-order valence-corrected chi connectivity index (χ1v) is 6.47. The Hall–Kier alpha value is -2.44. The number of hydrogen-bond acceptors (Lipinski definition) is 6. The van der Waals surface area contributed by atoms with Crippen molar-refractivity contribution in [3.05, 3.63) is 35.6 Å². The normalized spacial score (nSPS) is 10.3. The highest BCUT2D eigenvalue weighted by molar-refractivity contribution is 5.98. The molecule has 0 saturated heterocycles. The van der Waals surface area contributed by atoms with E-state index in [9.17, 15) is 4.79 Å². The van der Waals surface area contributed by atoms with Crippen LogP contribution in [0.5, 0.6) is 0 Å². The van der Waals surface area contributed by atoms with Gasteiger partial charge >= 0.3 is 0 Å². The summed E-state index contributed by atoms with van der Waals surface area (Å²) in [5, 5.41) is 9.64. The largest absolute Gasteiger partial charge is 0.370 e. The second-order valence-corrected chi connectivity index (χ2v) is 4.17. The van der Waals surface area contributed by atoms with Crippen molar-refractivity contribution in [1.82, 2.24) is 20.4 Å². The Balaban J connectivity index is 1.91. The third kappa shape index (κ3) is 3.53. The predicted molar refractivity (Wildman–Crippen MR) is 73.5 cm³/mol. The molecule has 0 fully saturated rings. The maximum Gasteiger partial charge on any atom is 0.255 e. The Kier molecular flexibility index (Phi) is 4.65. The van der Waals surface area contributed by atoms with Crippen molar-refractivity contribution in [1.29, 1.82) is 0 Å². The lowest BCUT2D eigenvalue weighted by Crippen LogP contribution is -2.27. The van der Waals surface area contributed by atoms with E-state index in [0.717, 1.165) is 0 Å². The van der Waals surface area contributed by atoms with E-state index in [-0.39, 0.29) is 5.91 Å². The van der Waals surface area contributed by atoms with Gasteiger partial charge in [0.05, 0.1) is 5.56 Å². The molecule has 106 valence electrons. The molecule has 2 aromatic rings. The van der Waals surface area contributed by atoms with Gasteiger partial charge in [0.15, 0.2) is 5.82 Å². The maximum atomic E-state index is 12.1. The van der Waals surface area contributed by atoms with Crippen LogP contribution in [0.4, 0.5) is 5.82 Å². The molecular formula is C13H17N5O2. The number of pyridine rings is 1. The number of rotatable bonds is 6. The molecule has 0 aliphatic carbocycles. The highest BCUT2D eigenvalue weighted by Gasteiger charge is 2.11. The Morgan fingerprint density at radius 2 is 2.30 bits per heavy atom. The molecule has 0 spiro atoms. The van der Waals surface area contributed by atoms with Crippen molar-refractivity contribution in [2.45, 2.75) is 20.3 Å². The van der Waals surface area contributed by atoms with Crippen molar-refractivity contribution in [2.75, 3.05) is 18.4 Å². The second kappa shape index (κ2) is 6.65. The summed E-state index contributed by atoms with van der Waals surface area (Å²) < 4.78 is 4.86. The summed E-state index contributed by atoms with van der Waals surface area (Å²) in [4.78, 5) is 20.3. The molecule has 2 N–H and O–H groups in total. The first kappa shape index (κ1) is 14.0. The van der Waals surface area contributed by atoms with Gasteiger partial charge < -0.3 is 15.2 Å². The van der Waals surface area contributed by atoms with E-state index in [0.29, 0.717) is 42.6 Å². The van der Waals surface area contributed by atoms with Crippen molar-refractivity contribution < 1.29 is 9.32 Å². The smallest absolute Gasteiger partial charge is 0.255 e. The summed E-state index contributed by atoms with van der Waals surface area (Å²) in [6, 6.07) is 3.47. The van der Waals surface area contributed by atoms with Crippen LogP contribution in [0, 0.1) is 6.92 Å². The average molecular weight is 275 g/mol. The summed E-state index contributed by atoms with van der Waals surface area (Å²) in [7, 11) is 0. The summed E-state index contributed by atoms with van der Waals surface area (Å²) >= 11 is 0. The molecule has 1 amide bonds. The van der Waals surface area contributed by atoms with E-state index in [1.807, 2.05) is 6.92 Å². The van der Waals surface area contributed by atoms with Gasteiger partial charge in [0.1, 0.15) is 5.82 Å².